The highest BCUT2D eigenvalue weighted by Gasteiger charge is 2.39. The van der Waals surface area contributed by atoms with Gasteiger partial charge in [-0.3, -0.25) is 4.79 Å². The number of piperidine rings is 1. The van der Waals surface area contributed by atoms with Gasteiger partial charge in [0, 0.05) is 12.0 Å². The van der Waals surface area contributed by atoms with Gasteiger partial charge in [0.1, 0.15) is 23.6 Å². The summed E-state index contributed by atoms with van der Waals surface area (Å²) in [5, 5.41) is 22.9. The number of ether oxygens (including phenoxy) is 1. The van der Waals surface area contributed by atoms with Crippen molar-refractivity contribution in [2.45, 2.75) is 43.7 Å². The first-order valence-corrected chi connectivity index (χ1v) is 13.4. The highest BCUT2D eigenvalue weighted by atomic mass is 16.5. The van der Waals surface area contributed by atoms with Gasteiger partial charge in [0.2, 0.25) is 5.91 Å². The van der Waals surface area contributed by atoms with Crippen molar-refractivity contribution in [1.82, 2.24) is 25.1 Å². The Balaban J connectivity index is 1.23. The van der Waals surface area contributed by atoms with Crippen LogP contribution in [0.3, 0.4) is 0 Å². The van der Waals surface area contributed by atoms with E-state index >= 15 is 0 Å². The lowest BCUT2D eigenvalue weighted by Gasteiger charge is -2.32. The molecule has 2 aliphatic rings. The average Bonchev–Trinajstić information content (AvgIpc) is 3.61. The Morgan fingerprint density at radius 3 is 2.77 bits per heavy atom. The number of anilines is 2. The third-order valence-electron chi connectivity index (χ3n) is 7.88. The van der Waals surface area contributed by atoms with Gasteiger partial charge in [-0.25, -0.2) is 14.6 Å². The van der Waals surface area contributed by atoms with Crippen LogP contribution in [0.25, 0.3) is 22.3 Å². The molecule has 202 valence electrons. The number of aliphatic hydroxyl groups is 1. The van der Waals surface area contributed by atoms with Crippen molar-refractivity contribution in [2.75, 3.05) is 31.2 Å². The predicted molar refractivity (Wildman–Crippen MR) is 149 cm³/mol. The summed E-state index contributed by atoms with van der Waals surface area (Å²) in [4.78, 5) is 21.5. The summed E-state index contributed by atoms with van der Waals surface area (Å²) in [5.74, 6) is 1.59. The van der Waals surface area contributed by atoms with E-state index in [0.29, 0.717) is 71.6 Å². The molecule has 39 heavy (non-hydrogen) atoms. The van der Waals surface area contributed by atoms with Crippen LogP contribution in [0.5, 0.6) is 5.75 Å². The number of carbonyl (C=O) groups excluding carboxylic acids is 1. The van der Waals surface area contributed by atoms with Crippen LogP contribution in [0.4, 0.5) is 11.5 Å². The first-order valence-electron chi connectivity index (χ1n) is 13.4. The van der Waals surface area contributed by atoms with Crippen LogP contribution in [0, 0.1) is 5.92 Å². The lowest BCUT2D eigenvalue weighted by atomic mass is 9.92. The van der Waals surface area contributed by atoms with Gasteiger partial charge in [-0.05, 0) is 61.9 Å². The van der Waals surface area contributed by atoms with E-state index in [9.17, 15) is 9.90 Å². The molecule has 1 saturated carbocycles. The van der Waals surface area contributed by atoms with Gasteiger partial charge in [0.25, 0.3) is 0 Å². The Hall–Kier alpha value is -4.02. The van der Waals surface area contributed by atoms with Crippen LogP contribution in [-0.4, -0.2) is 56.6 Å². The number of aromatic nitrogens is 4. The molecule has 0 unspecified atom stereocenters. The summed E-state index contributed by atoms with van der Waals surface area (Å²) in [6.07, 6.45) is 4.15. The number of nitrogens with zero attached hydrogens (tertiary/aromatic N) is 4. The van der Waals surface area contributed by atoms with E-state index in [1.165, 1.54) is 11.9 Å². The number of nitrogens with two attached hydrogens (primary N) is 1. The van der Waals surface area contributed by atoms with E-state index in [-0.39, 0.29) is 5.91 Å². The quantitative estimate of drug-likeness (QED) is 0.274. The Kier molecular flexibility index (Phi) is 6.66. The van der Waals surface area contributed by atoms with Crippen molar-refractivity contribution < 1.29 is 14.6 Å². The summed E-state index contributed by atoms with van der Waals surface area (Å²) in [5.41, 5.74) is 9.20. The number of carbonyl (C=O) groups is 1. The zero-order valence-corrected chi connectivity index (χ0v) is 21.9. The third-order valence-corrected chi connectivity index (χ3v) is 7.88. The van der Waals surface area contributed by atoms with Gasteiger partial charge in [-0.1, -0.05) is 36.4 Å². The summed E-state index contributed by atoms with van der Waals surface area (Å²) < 4.78 is 7.36. The van der Waals surface area contributed by atoms with E-state index in [0.717, 1.165) is 25.1 Å². The second-order valence-electron chi connectivity index (χ2n) is 10.6. The summed E-state index contributed by atoms with van der Waals surface area (Å²) >= 11 is 0. The van der Waals surface area contributed by atoms with Crippen molar-refractivity contribution >= 4 is 28.4 Å². The first kappa shape index (κ1) is 25.3. The third kappa shape index (κ3) is 5.17. The fraction of sp³-hybridized carbons (Fsp3) is 0.379. The van der Waals surface area contributed by atoms with Gasteiger partial charge in [0.05, 0.1) is 30.3 Å². The Morgan fingerprint density at radius 2 is 2.00 bits per heavy atom. The van der Waals surface area contributed by atoms with Gasteiger partial charge in [-0.2, -0.15) is 5.10 Å². The number of rotatable bonds is 8. The van der Waals surface area contributed by atoms with E-state index in [1.807, 2.05) is 36.4 Å². The van der Waals surface area contributed by atoms with Crippen LogP contribution in [0.2, 0.25) is 0 Å². The van der Waals surface area contributed by atoms with E-state index < -0.39 is 5.60 Å². The number of methoxy groups -OCH3 is 1. The lowest BCUT2D eigenvalue weighted by Crippen LogP contribution is -2.45. The highest BCUT2D eigenvalue weighted by molar-refractivity contribution is 5.99. The Morgan fingerprint density at radius 1 is 1.21 bits per heavy atom. The van der Waals surface area contributed by atoms with Crippen LogP contribution >= 0.6 is 0 Å². The van der Waals surface area contributed by atoms with Gasteiger partial charge in [-0.15, -0.1) is 0 Å². The van der Waals surface area contributed by atoms with Crippen molar-refractivity contribution in [1.29, 1.82) is 0 Å². The molecule has 5 N–H and O–H groups in total. The van der Waals surface area contributed by atoms with Crippen LogP contribution < -0.4 is 21.1 Å². The number of amides is 1. The molecule has 2 aromatic heterocycles. The minimum absolute atomic E-state index is 0.0351. The molecule has 1 amide bonds. The first-order chi connectivity index (χ1) is 18.9. The number of hydrogen-bond donors (Lipinski definition) is 4. The normalized spacial score (nSPS) is 20.1. The Labute approximate surface area is 226 Å². The average molecular weight is 528 g/mol. The minimum Gasteiger partial charge on any atom is -0.495 e. The standard InChI is InChI=1S/C29H33N7O3/c1-39-23-14-19(7-8-22(23)34-24(37)15-20-13-21(20)18-5-3-2-4-6-18)26-25-27(30)32-17-33-28(25)36(35-26)16-29(38)9-11-31-12-10-29/h2-8,14,17,20-21,31,38H,9-13,15-16H2,1H3,(H,34,37)(H2,30,32,33)/t20-,21-/m0/s1. The SMILES string of the molecule is COc1cc(-c2nn(CC3(O)CCNCC3)c3ncnc(N)c23)ccc1NC(=O)C[C@@H]1C[C@H]1c1ccccc1. The number of fused-ring (bicyclic) bond motifs is 1. The summed E-state index contributed by atoms with van der Waals surface area (Å²) in [6.45, 7) is 1.80. The van der Waals surface area contributed by atoms with Crippen molar-refractivity contribution in [3.05, 3.63) is 60.4 Å². The van der Waals surface area contributed by atoms with Gasteiger partial charge < -0.3 is 26.2 Å². The number of hydrogen-bond acceptors (Lipinski definition) is 8. The molecule has 10 heteroatoms. The number of nitrogen functional groups attached to an aromatic ring is 1. The molecule has 2 fully saturated rings. The summed E-state index contributed by atoms with van der Waals surface area (Å²) in [6, 6.07) is 15.9. The van der Waals surface area contributed by atoms with Crippen molar-refractivity contribution in [2.24, 2.45) is 5.92 Å². The molecule has 6 rings (SSSR count). The molecule has 0 radical (unpaired) electrons. The largest absolute Gasteiger partial charge is 0.495 e. The molecule has 1 aliphatic carbocycles. The molecule has 4 aromatic rings. The molecular formula is C29H33N7O3. The fourth-order valence-electron chi connectivity index (χ4n) is 5.63. The second kappa shape index (κ2) is 10.3. The van der Waals surface area contributed by atoms with Gasteiger partial charge >= 0.3 is 0 Å². The maximum absolute atomic E-state index is 12.9. The van der Waals surface area contributed by atoms with Gasteiger partial charge in [0.15, 0.2) is 5.65 Å². The van der Waals surface area contributed by atoms with Crippen molar-refractivity contribution in [3.63, 3.8) is 0 Å². The van der Waals surface area contributed by atoms with Crippen molar-refractivity contribution in [3.8, 4) is 17.0 Å². The molecule has 3 heterocycles. The zero-order valence-electron chi connectivity index (χ0n) is 21.9. The van der Waals surface area contributed by atoms with E-state index in [1.54, 1.807) is 11.8 Å². The fourth-order valence-corrected chi connectivity index (χ4v) is 5.63. The molecule has 0 spiro atoms. The smallest absolute Gasteiger partial charge is 0.224 e. The highest BCUT2D eigenvalue weighted by Crippen LogP contribution is 2.49. The number of benzene rings is 2. The zero-order chi connectivity index (χ0) is 27.0. The summed E-state index contributed by atoms with van der Waals surface area (Å²) in [7, 11) is 1.57. The van der Waals surface area contributed by atoms with Crippen LogP contribution in [-0.2, 0) is 11.3 Å². The monoisotopic (exact) mass is 527 g/mol. The topological polar surface area (TPSA) is 140 Å². The number of nitrogens with one attached hydrogen (secondary N) is 2. The molecule has 2 aromatic carbocycles. The van der Waals surface area contributed by atoms with Crippen LogP contribution in [0.15, 0.2) is 54.9 Å². The minimum atomic E-state index is -0.881. The lowest BCUT2D eigenvalue weighted by molar-refractivity contribution is -0.116. The molecule has 0 bridgehead atoms. The van der Waals surface area contributed by atoms with E-state index in [2.05, 4.69) is 32.7 Å². The predicted octanol–water partition coefficient (Wildman–Crippen LogP) is 3.33. The maximum Gasteiger partial charge on any atom is 0.224 e. The maximum atomic E-state index is 12.9. The molecular weight excluding hydrogens is 494 g/mol. The molecule has 1 aliphatic heterocycles. The molecule has 1 saturated heterocycles. The second-order valence-corrected chi connectivity index (χ2v) is 10.6. The molecule has 2 atom stereocenters. The molecule has 10 nitrogen and oxygen atoms in total. The van der Waals surface area contributed by atoms with E-state index in [4.69, 9.17) is 15.6 Å². The Bertz CT molecular complexity index is 1500. The van der Waals surface area contributed by atoms with Crippen LogP contribution in [0.1, 0.15) is 37.2 Å².